The van der Waals surface area contributed by atoms with Crippen LogP contribution in [0.1, 0.15) is 23.2 Å². The van der Waals surface area contributed by atoms with E-state index in [1.165, 1.54) is 23.9 Å². The van der Waals surface area contributed by atoms with Crippen molar-refractivity contribution in [3.63, 3.8) is 0 Å². The minimum absolute atomic E-state index is 0.0544. The second-order valence-electron chi connectivity index (χ2n) is 5.81. The highest BCUT2D eigenvalue weighted by Gasteiger charge is 2.17. The first-order valence-electron chi connectivity index (χ1n) is 8.35. The lowest BCUT2D eigenvalue weighted by atomic mass is 10.1. The molecule has 2 N–H and O–H groups in total. The van der Waals surface area contributed by atoms with Crippen molar-refractivity contribution in [3.8, 4) is 5.75 Å². The predicted octanol–water partition coefficient (Wildman–Crippen LogP) is 3.46. The predicted molar refractivity (Wildman–Crippen MR) is 99.3 cm³/mol. The number of ether oxygens (including phenoxy) is 1. The van der Waals surface area contributed by atoms with Gasteiger partial charge in [-0.1, -0.05) is 0 Å². The second kappa shape index (κ2) is 8.71. The average molecular weight is 374 g/mol. The average Bonchev–Trinajstić information content (AvgIpc) is 2.65. The molecule has 0 saturated carbocycles. The number of unbranched alkanes of at least 4 members (excludes halogenated alkanes) is 1. The lowest BCUT2D eigenvalue weighted by Crippen LogP contribution is -2.25. The largest absolute Gasteiger partial charge is 0.494 e. The first kappa shape index (κ1) is 18.3. The van der Waals surface area contributed by atoms with Gasteiger partial charge in [-0.3, -0.25) is 9.59 Å². The first-order chi connectivity index (χ1) is 12.6. The minimum atomic E-state index is -0.291. The Morgan fingerprint density at radius 2 is 2.00 bits per heavy atom. The van der Waals surface area contributed by atoms with Crippen LogP contribution in [-0.4, -0.2) is 30.7 Å². The van der Waals surface area contributed by atoms with E-state index < -0.39 is 0 Å². The van der Waals surface area contributed by atoms with Crippen molar-refractivity contribution in [1.82, 2.24) is 5.32 Å². The Morgan fingerprint density at radius 1 is 1.19 bits per heavy atom. The van der Waals surface area contributed by atoms with Crippen molar-refractivity contribution in [1.29, 1.82) is 0 Å². The van der Waals surface area contributed by atoms with Crippen LogP contribution in [0.2, 0.25) is 0 Å². The molecule has 1 heterocycles. The van der Waals surface area contributed by atoms with Crippen LogP contribution in [0, 0.1) is 5.82 Å². The maximum atomic E-state index is 12.8. The summed E-state index contributed by atoms with van der Waals surface area (Å²) >= 11 is 1.46. The zero-order chi connectivity index (χ0) is 18.4. The number of halogens is 1. The highest BCUT2D eigenvalue weighted by Crippen LogP contribution is 2.31. The summed E-state index contributed by atoms with van der Waals surface area (Å²) in [6, 6.07) is 11.2. The molecule has 0 bridgehead atoms. The van der Waals surface area contributed by atoms with Gasteiger partial charge in [0.1, 0.15) is 11.6 Å². The van der Waals surface area contributed by atoms with Gasteiger partial charge in [-0.2, -0.15) is 0 Å². The monoisotopic (exact) mass is 374 g/mol. The van der Waals surface area contributed by atoms with Crippen molar-refractivity contribution in [3.05, 3.63) is 53.8 Å². The molecule has 0 saturated heterocycles. The van der Waals surface area contributed by atoms with E-state index >= 15 is 0 Å². The molecule has 0 aromatic heterocycles. The number of carbonyl (C=O) groups excluding carboxylic acids is 2. The highest BCUT2D eigenvalue weighted by atomic mass is 32.2. The molecule has 0 atom stereocenters. The molecule has 7 heteroatoms. The van der Waals surface area contributed by atoms with Gasteiger partial charge >= 0.3 is 0 Å². The van der Waals surface area contributed by atoms with Crippen molar-refractivity contribution in [2.75, 3.05) is 24.2 Å². The van der Waals surface area contributed by atoms with Crippen molar-refractivity contribution >= 4 is 29.3 Å². The molecule has 5 nitrogen and oxygen atoms in total. The first-order valence-corrected chi connectivity index (χ1v) is 9.33. The standard InChI is InChI=1S/C19H19FN2O3S/c20-14-4-6-15(7-5-14)25-10-2-1-9-21-19(24)13-3-8-17-16(11-13)22-18(23)12-26-17/h3-8,11H,1-2,9-10,12H2,(H,21,24)(H,22,23). The Balaban J connectivity index is 1.38. The van der Waals surface area contributed by atoms with E-state index in [1.807, 2.05) is 6.07 Å². The smallest absolute Gasteiger partial charge is 0.251 e. The maximum absolute atomic E-state index is 12.8. The molecule has 2 aromatic rings. The molecular formula is C19H19FN2O3S. The van der Waals surface area contributed by atoms with Gasteiger partial charge in [0.25, 0.3) is 5.91 Å². The van der Waals surface area contributed by atoms with Gasteiger partial charge in [-0.25, -0.2) is 4.39 Å². The molecule has 2 amide bonds. The number of amides is 2. The number of carbonyl (C=O) groups is 2. The van der Waals surface area contributed by atoms with Crippen LogP contribution in [0.4, 0.5) is 10.1 Å². The number of anilines is 1. The van der Waals surface area contributed by atoms with Crippen molar-refractivity contribution in [2.45, 2.75) is 17.7 Å². The Kier molecular flexibility index (Phi) is 6.12. The molecule has 0 aliphatic carbocycles. The quantitative estimate of drug-likeness (QED) is 0.729. The molecule has 1 aliphatic heterocycles. The number of benzene rings is 2. The maximum Gasteiger partial charge on any atom is 0.251 e. The van der Waals surface area contributed by atoms with E-state index in [2.05, 4.69) is 10.6 Å². The molecule has 1 aliphatic rings. The van der Waals surface area contributed by atoms with Crippen LogP contribution in [0.3, 0.4) is 0 Å². The Bertz CT molecular complexity index is 796. The number of hydrogen-bond donors (Lipinski definition) is 2. The summed E-state index contributed by atoms with van der Waals surface area (Å²) in [4.78, 5) is 24.6. The van der Waals surface area contributed by atoms with E-state index in [-0.39, 0.29) is 17.6 Å². The summed E-state index contributed by atoms with van der Waals surface area (Å²) in [5.74, 6) is 0.515. The minimum Gasteiger partial charge on any atom is -0.494 e. The Morgan fingerprint density at radius 3 is 2.81 bits per heavy atom. The van der Waals surface area contributed by atoms with Gasteiger partial charge in [-0.05, 0) is 55.3 Å². The lowest BCUT2D eigenvalue weighted by Gasteiger charge is -2.17. The number of nitrogens with one attached hydrogen (secondary N) is 2. The summed E-state index contributed by atoms with van der Waals surface area (Å²) in [7, 11) is 0. The summed E-state index contributed by atoms with van der Waals surface area (Å²) < 4.78 is 18.3. The second-order valence-corrected chi connectivity index (χ2v) is 6.83. The van der Waals surface area contributed by atoms with Crippen LogP contribution < -0.4 is 15.4 Å². The number of thioether (sulfide) groups is 1. The fourth-order valence-electron chi connectivity index (χ4n) is 2.48. The summed E-state index contributed by atoms with van der Waals surface area (Å²) in [6.45, 7) is 1.04. The third-order valence-corrected chi connectivity index (χ3v) is 4.89. The van der Waals surface area contributed by atoms with E-state index in [0.29, 0.717) is 35.9 Å². The van der Waals surface area contributed by atoms with Gasteiger partial charge < -0.3 is 15.4 Å². The number of hydrogen-bond acceptors (Lipinski definition) is 4. The molecule has 3 rings (SSSR count). The van der Waals surface area contributed by atoms with Gasteiger partial charge in [0.05, 0.1) is 18.0 Å². The van der Waals surface area contributed by atoms with E-state index in [0.717, 1.165) is 17.7 Å². The third kappa shape index (κ3) is 4.98. The van der Waals surface area contributed by atoms with Gasteiger partial charge in [-0.15, -0.1) is 11.8 Å². The Hall–Kier alpha value is -2.54. The molecule has 136 valence electrons. The molecule has 26 heavy (non-hydrogen) atoms. The van der Waals surface area contributed by atoms with Crippen LogP contribution in [0.5, 0.6) is 5.75 Å². The van der Waals surface area contributed by atoms with Crippen molar-refractivity contribution < 1.29 is 18.7 Å². The zero-order valence-corrected chi connectivity index (χ0v) is 14.9. The number of rotatable bonds is 7. The SMILES string of the molecule is O=C1CSc2ccc(C(=O)NCCCCOc3ccc(F)cc3)cc2N1. The molecule has 0 fully saturated rings. The van der Waals surface area contributed by atoms with Gasteiger partial charge in [0.2, 0.25) is 5.91 Å². The molecule has 2 aromatic carbocycles. The van der Waals surface area contributed by atoms with Crippen LogP contribution in [0.25, 0.3) is 0 Å². The highest BCUT2D eigenvalue weighted by molar-refractivity contribution is 8.00. The van der Waals surface area contributed by atoms with Gasteiger partial charge in [0, 0.05) is 17.0 Å². The topological polar surface area (TPSA) is 67.4 Å². The number of fused-ring (bicyclic) bond motifs is 1. The fraction of sp³-hybridized carbons (Fsp3) is 0.263. The fourth-order valence-corrected chi connectivity index (χ4v) is 3.26. The molecule has 0 radical (unpaired) electrons. The third-order valence-electron chi connectivity index (χ3n) is 3.81. The van der Waals surface area contributed by atoms with E-state index in [4.69, 9.17) is 4.74 Å². The van der Waals surface area contributed by atoms with Crippen LogP contribution in [-0.2, 0) is 4.79 Å². The van der Waals surface area contributed by atoms with Crippen LogP contribution >= 0.6 is 11.8 Å². The van der Waals surface area contributed by atoms with Gasteiger partial charge in [0.15, 0.2) is 0 Å². The molecular weight excluding hydrogens is 355 g/mol. The Labute approximate surface area is 155 Å². The summed E-state index contributed by atoms with van der Waals surface area (Å²) in [5.41, 5.74) is 1.21. The normalized spacial score (nSPS) is 12.9. The lowest BCUT2D eigenvalue weighted by molar-refractivity contribution is -0.113. The zero-order valence-electron chi connectivity index (χ0n) is 14.1. The summed E-state index contributed by atoms with van der Waals surface area (Å²) in [5, 5.41) is 5.64. The van der Waals surface area contributed by atoms with E-state index in [1.54, 1.807) is 24.3 Å². The van der Waals surface area contributed by atoms with Crippen LogP contribution in [0.15, 0.2) is 47.4 Å². The van der Waals surface area contributed by atoms with E-state index in [9.17, 15) is 14.0 Å². The molecule has 0 unspecified atom stereocenters. The summed E-state index contributed by atoms with van der Waals surface area (Å²) in [6.07, 6.45) is 1.54. The molecule has 0 spiro atoms. The van der Waals surface area contributed by atoms with Crippen molar-refractivity contribution in [2.24, 2.45) is 0 Å².